The molecule has 1 aromatic rings. The summed E-state index contributed by atoms with van der Waals surface area (Å²) < 4.78 is 5.35. The Kier molecular flexibility index (Phi) is 2.76. The van der Waals surface area contributed by atoms with Crippen molar-refractivity contribution in [2.24, 2.45) is 0 Å². The van der Waals surface area contributed by atoms with E-state index in [9.17, 15) is 0 Å². The molecule has 0 atom stereocenters. The fourth-order valence-corrected chi connectivity index (χ4v) is 2.35. The molecule has 0 radical (unpaired) electrons. The predicted molar refractivity (Wildman–Crippen MR) is 58.9 cm³/mol. The van der Waals surface area contributed by atoms with Gasteiger partial charge >= 0.3 is 0 Å². The van der Waals surface area contributed by atoms with Crippen molar-refractivity contribution in [1.82, 2.24) is 0 Å². The highest BCUT2D eigenvalue weighted by Gasteiger charge is 2.17. The van der Waals surface area contributed by atoms with Gasteiger partial charge in [0.25, 0.3) is 0 Å². The molecule has 0 aromatic heterocycles. The molecule has 0 bridgehead atoms. The second kappa shape index (κ2) is 4.04. The quantitative estimate of drug-likeness (QED) is 0.691. The first-order valence-corrected chi connectivity index (χ1v) is 5.46. The van der Waals surface area contributed by atoms with Crippen LogP contribution in [0.5, 0.6) is 5.75 Å². The fourth-order valence-electron chi connectivity index (χ4n) is 2.35. The smallest absolute Gasteiger partial charge is 0.122 e. The van der Waals surface area contributed by atoms with E-state index >= 15 is 0 Å². The van der Waals surface area contributed by atoms with Crippen molar-refractivity contribution in [2.75, 3.05) is 7.11 Å². The molecule has 2 rings (SSSR count). The maximum Gasteiger partial charge on any atom is 0.122 e. The summed E-state index contributed by atoms with van der Waals surface area (Å²) in [4.78, 5) is 0. The van der Waals surface area contributed by atoms with Gasteiger partial charge < -0.3 is 4.74 Å². The van der Waals surface area contributed by atoms with Crippen LogP contribution in [-0.2, 0) is 0 Å². The van der Waals surface area contributed by atoms with Crippen LogP contribution in [0, 0.1) is 6.92 Å². The van der Waals surface area contributed by atoms with Gasteiger partial charge in [0.15, 0.2) is 0 Å². The van der Waals surface area contributed by atoms with Crippen molar-refractivity contribution in [1.29, 1.82) is 0 Å². The van der Waals surface area contributed by atoms with Crippen molar-refractivity contribution < 1.29 is 4.74 Å². The monoisotopic (exact) mass is 190 g/mol. The molecule has 0 N–H and O–H groups in total. The van der Waals surface area contributed by atoms with Crippen LogP contribution >= 0.6 is 0 Å². The van der Waals surface area contributed by atoms with Gasteiger partial charge in [-0.05, 0) is 42.9 Å². The highest BCUT2D eigenvalue weighted by molar-refractivity contribution is 5.38. The Labute approximate surface area is 86.1 Å². The first kappa shape index (κ1) is 9.57. The number of methoxy groups -OCH3 is 1. The zero-order chi connectivity index (χ0) is 9.97. The highest BCUT2D eigenvalue weighted by Crippen LogP contribution is 2.35. The lowest BCUT2D eigenvalue weighted by molar-refractivity contribution is 0.410. The van der Waals surface area contributed by atoms with E-state index in [2.05, 4.69) is 25.1 Å². The molecule has 1 fully saturated rings. The topological polar surface area (TPSA) is 9.23 Å². The highest BCUT2D eigenvalue weighted by atomic mass is 16.5. The van der Waals surface area contributed by atoms with Crippen LogP contribution < -0.4 is 4.74 Å². The third-order valence-electron chi connectivity index (χ3n) is 3.26. The Morgan fingerprint density at radius 1 is 1.21 bits per heavy atom. The molecule has 0 amide bonds. The van der Waals surface area contributed by atoms with Crippen molar-refractivity contribution >= 4 is 0 Å². The van der Waals surface area contributed by atoms with Crippen LogP contribution in [0.25, 0.3) is 0 Å². The standard InChI is InChI=1S/C13H18O/c1-10-7-8-12(9-13(10)14-2)11-5-3-4-6-11/h7-9,11H,3-6H2,1-2H3. The lowest BCUT2D eigenvalue weighted by Gasteiger charge is -2.12. The summed E-state index contributed by atoms with van der Waals surface area (Å²) in [6.07, 6.45) is 5.49. The second-order valence-electron chi connectivity index (χ2n) is 4.21. The molecule has 0 heterocycles. The Morgan fingerprint density at radius 2 is 1.93 bits per heavy atom. The van der Waals surface area contributed by atoms with E-state index in [0.29, 0.717) is 0 Å². The number of aryl methyl sites for hydroxylation is 1. The van der Waals surface area contributed by atoms with Crippen LogP contribution in [0.15, 0.2) is 18.2 Å². The third-order valence-corrected chi connectivity index (χ3v) is 3.26. The minimum absolute atomic E-state index is 0.782. The number of hydrogen-bond donors (Lipinski definition) is 0. The number of benzene rings is 1. The van der Waals surface area contributed by atoms with Gasteiger partial charge in [-0.1, -0.05) is 25.0 Å². The van der Waals surface area contributed by atoms with Crippen molar-refractivity contribution in [3.05, 3.63) is 29.3 Å². The summed E-state index contributed by atoms with van der Waals surface area (Å²) in [6, 6.07) is 6.64. The summed E-state index contributed by atoms with van der Waals surface area (Å²) >= 11 is 0. The summed E-state index contributed by atoms with van der Waals surface area (Å²) in [5.74, 6) is 1.82. The average Bonchev–Trinajstić information content (AvgIpc) is 2.71. The average molecular weight is 190 g/mol. The molecule has 1 saturated carbocycles. The summed E-state index contributed by atoms with van der Waals surface area (Å²) in [5.41, 5.74) is 2.69. The molecule has 1 aromatic carbocycles. The molecule has 1 nitrogen and oxygen atoms in total. The van der Waals surface area contributed by atoms with Gasteiger partial charge in [-0.2, -0.15) is 0 Å². The number of ether oxygens (including phenoxy) is 1. The minimum atomic E-state index is 0.782. The SMILES string of the molecule is COc1cc(C2CCCC2)ccc1C. The van der Waals surface area contributed by atoms with E-state index in [-0.39, 0.29) is 0 Å². The maximum atomic E-state index is 5.35. The maximum absolute atomic E-state index is 5.35. The summed E-state index contributed by atoms with van der Waals surface area (Å²) in [6.45, 7) is 2.09. The van der Waals surface area contributed by atoms with Gasteiger partial charge in [0.2, 0.25) is 0 Å². The molecule has 1 aliphatic carbocycles. The minimum Gasteiger partial charge on any atom is -0.496 e. The van der Waals surface area contributed by atoms with Gasteiger partial charge in [0.05, 0.1) is 7.11 Å². The van der Waals surface area contributed by atoms with E-state index in [1.807, 2.05) is 0 Å². The van der Waals surface area contributed by atoms with Gasteiger partial charge in [0, 0.05) is 0 Å². The molecular formula is C13H18O. The van der Waals surface area contributed by atoms with E-state index in [1.54, 1.807) is 7.11 Å². The van der Waals surface area contributed by atoms with Gasteiger partial charge in [-0.3, -0.25) is 0 Å². The van der Waals surface area contributed by atoms with E-state index in [0.717, 1.165) is 11.7 Å². The van der Waals surface area contributed by atoms with Crippen LogP contribution in [0.3, 0.4) is 0 Å². The van der Waals surface area contributed by atoms with Crippen molar-refractivity contribution in [3.8, 4) is 5.75 Å². The van der Waals surface area contributed by atoms with E-state index in [1.165, 1.54) is 36.8 Å². The van der Waals surface area contributed by atoms with Crippen LogP contribution in [0.1, 0.15) is 42.7 Å². The Morgan fingerprint density at radius 3 is 2.57 bits per heavy atom. The first-order valence-electron chi connectivity index (χ1n) is 5.46. The van der Waals surface area contributed by atoms with Gasteiger partial charge in [-0.25, -0.2) is 0 Å². The third kappa shape index (κ3) is 1.77. The first-order chi connectivity index (χ1) is 6.81. The Balaban J connectivity index is 2.25. The molecule has 0 unspecified atom stereocenters. The predicted octanol–water partition coefficient (Wildman–Crippen LogP) is 3.66. The van der Waals surface area contributed by atoms with Crippen LogP contribution in [-0.4, -0.2) is 7.11 Å². The molecule has 76 valence electrons. The van der Waals surface area contributed by atoms with Crippen molar-refractivity contribution in [3.63, 3.8) is 0 Å². The molecular weight excluding hydrogens is 172 g/mol. The van der Waals surface area contributed by atoms with Crippen LogP contribution in [0.4, 0.5) is 0 Å². The van der Waals surface area contributed by atoms with E-state index in [4.69, 9.17) is 4.74 Å². The lowest BCUT2D eigenvalue weighted by Crippen LogP contribution is -1.94. The molecule has 0 spiro atoms. The summed E-state index contributed by atoms with van der Waals surface area (Å²) in [5, 5.41) is 0. The zero-order valence-electron chi connectivity index (χ0n) is 9.05. The Hall–Kier alpha value is -0.980. The fraction of sp³-hybridized carbons (Fsp3) is 0.538. The zero-order valence-corrected chi connectivity index (χ0v) is 9.05. The summed E-state index contributed by atoms with van der Waals surface area (Å²) in [7, 11) is 1.75. The normalized spacial score (nSPS) is 17.3. The van der Waals surface area contributed by atoms with Gasteiger partial charge in [0.1, 0.15) is 5.75 Å². The lowest BCUT2D eigenvalue weighted by atomic mass is 9.96. The molecule has 0 saturated heterocycles. The second-order valence-corrected chi connectivity index (χ2v) is 4.21. The molecule has 14 heavy (non-hydrogen) atoms. The van der Waals surface area contributed by atoms with Gasteiger partial charge in [-0.15, -0.1) is 0 Å². The van der Waals surface area contributed by atoms with E-state index < -0.39 is 0 Å². The number of rotatable bonds is 2. The number of hydrogen-bond acceptors (Lipinski definition) is 1. The Bertz CT molecular complexity index is 311. The van der Waals surface area contributed by atoms with Crippen molar-refractivity contribution in [2.45, 2.75) is 38.5 Å². The molecule has 1 heteroatoms. The molecule has 1 aliphatic rings. The van der Waals surface area contributed by atoms with Crippen LogP contribution in [0.2, 0.25) is 0 Å². The molecule has 0 aliphatic heterocycles. The largest absolute Gasteiger partial charge is 0.496 e.